The first-order chi connectivity index (χ1) is 8.68. The lowest BCUT2D eigenvalue weighted by Crippen LogP contribution is -2.41. The molecule has 0 spiro atoms. The molecule has 0 radical (unpaired) electrons. The van der Waals surface area contributed by atoms with E-state index in [-0.39, 0.29) is 16.9 Å². The molecule has 2 rings (SSSR count). The molecule has 0 saturated carbocycles. The van der Waals surface area contributed by atoms with Gasteiger partial charge in [-0.25, -0.2) is 4.39 Å². The summed E-state index contributed by atoms with van der Waals surface area (Å²) < 4.78 is 25.7. The topological polar surface area (TPSA) is 42.2 Å². The summed E-state index contributed by atoms with van der Waals surface area (Å²) in [6.45, 7) is 7.56. The van der Waals surface area contributed by atoms with E-state index in [4.69, 9.17) is 26.2 Å². The molecule has 1 fully saturated rings. The third kappa shape index (κ3) is 2.45. The number of hydrogen-bond acceptors (Lipinski definition) is 3. The van der Waals surface area contributed by atoms with Gasteiger partial charge < -0.3 is 9.31 Å². The van der Waals surface area contributed by atoms with Gasteiger partial charge in [0.15, 0.2) is 0 Å². The van der Waals surface area contributed by atoms with Gasteiger partial charge in [0.25, 0.3) is 0 Å². The van der Waals surface area contributed by atoms with Crippen molar-refractivity contribution in [1.29, 1.82) is 5.26 Å². The summed E-state index contributed by atoms with van der Waals surface area (Å²) in [5, 5.41) is 9.04. The Hall–Kier alpha value is -0.825. The fourth-order valence-electron chi connectivity index (χ4n) is 2.02. The van der Waals surface area contributed by atoms with Crippen LogP contribution in [0.15, 0.2) is 22.4 Å². The second kappa shape index (κ2) is 4.62. The van der Waals surface area contributed by atoms with Gasteiger partial charge in [-0.1, -0.05) is 17.7 Å². The molecule has 0 amide bonds. The maximum absolute atomic E-state index is 14.1. The van der Waals surface area contributed by atoms with E-state index in [0.717, 1.165) is 0 Å². The Kier molecular flexibility index (Phi) is 3.55. The quantitative estimate of drug-likeness (QED) is 0.692. The van der Waals surface area contributed by atoms with E-state index < -0.39 is 30.1 Å². The van der Waals surface area contributed by atoms with Gasteiger partial charge in [-0.2, -0.15) is 5.26 Å². The van der Waals surface area contributed by atoms with Crippen LogP contribution in [-0.2, 0) is 9.31 Å². The highest BCUT2D eigenvalue weighted by Crippen LogP contribution is 2.42. The lowest BCUT2D eigenvalue weighted by molar-refractivity contribution is 0.00578. The van der Waals surface area contributed by atoms with Crippen molar-refractivity contribution < 1.29 is 13.7 Å². The molecule has 0 aromatic rings. The summed E-state index contributed by atoms with van der Waals surface area (Å²) >= 11 is 5.86. The van der Waals surface area contributed by atoms with Gasteiger partial charge in [-0.05, 0) is 27.7 Å². The van der Waals surface area contributed by atoms with Crippen LogP contribution in [0.1, 0.15) is 34.1 Å². The minimum absolute atomic E-state index is 0.0544. The monoisotopic (exact) mass is 283 g/mol. The number of halogens is 2. The summed E-state index contributed by atoms with van der Waals surface area (Å²) in [6.07, 6.45) is 1.75. The maximum Gasteiger partial charge on any atom is 0.497 e. The van der Waals surface area contributed by atoms with Gasteiger partial charge >= 0.3 is 7.12 Å². The van der Waals surface area contributed by atoms with E-state index in [9.17, 15) is 4.39 Å². The van der Waals surface area contributed by atoms with Crippen LogP contribution in [-0.4, -0.2) is 18.3 Å². The third-order valence-corrected chi connectivity index (χ3v) is 4.26. The smallest absolute Gasteiger partial charge is 0.399 e. The molecule has 19 heavy (non-hydrogen) atoms. The molecule has 0 bridgehead atoms. The third-order valence-electron chi connectivity index (χ3n) is 3.94. The molecule has 0 aromatic carbocycles. The van der Waals surface area contributed by atoms with Crippen LogP contribution >= 0.6 is 11.6 Å². The lowest BCUT2D eigenvalue weighted by atomic mass is 9.73. The second-order valence-electron chi connectivity index (χ2n) is 5.87. The van der Waals surface area contributed by atoms with Crippen molar-refractivity contribution in [3.63, 3.8) is 0 Å². The average Bonchev–Trinajstić information content (AvgIpc) is 2.51. The van der Waals surface area contributed by atoms with Crippen molar-refractivity contribution in [2.24, 2.45) is 5.92 Å². The highest BCUT2D eigenvalue weighted by atomic mass is 35.5. The number of allylic oxidation sites excluding steroid dienone is 4. The van der Waals surface area contributed by atoms with Crippen molar-refractivity contribution in [3.05, 3.63) is 22.4 Å². The molecular formula is C13H16BClFNO2. The molecule has 1 atom stereocenters. The first-order valence-corrected chi connectivity index (χ1v) is 6.57. The summed E-state index contributed by atoms with van der Waals surface area (Å²) in [6, 6.07) is 2.08. The summed E-state index contributed by atoms with van der Waals surface area (Å²) in [7, 11) is -0.824. The zero-order chi connectivity index (χ0) is 14.4. The van der Waals surface area contributed by atoms with Gasteiger partial charge in [0.2, 0.25) is 0 Å². The molecule has 2 aliphatic rings. The standard InChI is InChI=1S/C13H16BClFNO2/c1-12(2)13(3,4)19-14(18-12)9-5-8(7-17)6-10(15)11(9)16/h5,8H,6H2,1-4H3. The normalized spacial score (nSPS) is 29.2. The molecule has 0 N–H and O–H groups in total. The maximum atomic E-state index is 14.1. The molecule has 3 nitrogen and oxygen atoms in total. The van der Waals surface area contributed by atoms with Gasteiger partial charge in [0.05, 0.1) is 28.2 Å². The van der Waals surface area contributed by atoms with Gasteiger partial charge in [-0.3, -0.25) is 0 Å². The highest BCUT2D eigenvalue weighted by molar-refractivity contribution is 6.56. The Bertz CT molecular complexity index is 491. The van der Waals surface area contributed by atoms with Crippen molar-refractivity contribution in [1.82, 2.24) is 0 Å². The van der Waals surface area contributed by atoms with Crippen molar-refractivity contribution in [3.8, 4) is 6.07 Å². The van der Waals surface area contributed by atoms with Crippen molar-refractivity contribution in [2.45, 2.75) is 45.3 Å². The molecule has 102 valence electrons. The first kappa shape index (κ1) is 14.6. The zero-order valence-electron chi connectivity index (χ0n) is 11.5. The van der Waals surface area contributed by atoms with Gasteiger partial charge in [0, 0.05) is 11.9 Å². The Labute approximate surface area is 118 Å². The first-order valence-electron chi connectivity index (χ1n) is 6.19. The Morgan fingerprint density at radius 3 is 2.37 bits per heavy atom. The average molecular weight is 284 g/mol. The van der Waals surface area contributed by atoms with Gasteiger partial charge in [-0.15, -0.1) is 0 Å². The van der Waals surface area contributed by atoms with Crippen LogP contribution in [0, 0.1) is 17.2 Å². The van der Waals surface area contributed by atoms with E-state index in [2.05, 4.69) is 6.07 Å². The van der Waals surface area contributed by atoms with Crippen LogP contribution < -0.4 is 0 Å². The van der Waals surface area contributed by atoms with Crippen LogP contribution in [0.4, 0.5) is 4.39 Å². The Balaban J connectivity index is 2.33. The van der Waals surface area contributed by atoms with E-state index in [1.165, 1.54) is 0 Å². The fourth-order valence-corrected chi connectivity index (χ4v) is 2.30. The van der Waals surface area contributed by atoms with E-state index in [1.807, 2.05) is 27.7 Å². The van der Waals surface area contributed by atoms with Crippen LogP contribution in [0.5, 0.6) is 0 Å². The fraction of sp³-hybridized carbons (Fsp3) is 0.615. The zero-order valence-corrected chi connectivity index (χ0v) is 12.2. The second-order valence-corrected chi connectivity index (χ2v) is 6.33. The summed E-state index contributed by atoms with van der Waals surface area (Å²) in [5.41, 5.74) is -0.878. The molecule has 6 heteroatoms. The van der Waals surface area contributed by atoms with Crippen molar-refractivity contribution in [2.75, 3.05) is 0 Å². The molecule has 1 saturated heterocycles. The predicted octanol–water partition coefficient (Wildman–Crippen LogP) is 3.51. The Morgan fingerprint density at radius 2 is 1.89 bits per heavy atom. The molecule has 1 unspecified atom stereocenters. The lowest BCUT2D eigenvalue weighted by Gasteiger charge is -2.32. The summed E-state index contributed by atoms with van der Waals surface area (Å²) in [4.78, 5) is 0. The highest BCUT2D eigenvalue weighted by Gasteiger charge is 2.53. The van der Waals surface area contributed by atoms with Crippen LogP contribution in [0.2, 0.25) is 0 Å². The number of rotatable bonds is 1. The van der Waals surface area contributed by atoms with Crippen molar-refractivity contribution >= 4 is 18.7 Å². The minimum atomic E-state index is -0.824. The number of nitrogens with zero attached hydrogens (tertiary/aromatic N) is 1. The van der Waals surface area contributed by atoms with Crippen LogP contribution in [0.25, 0.3) is 0 Å². The van der Waals surface area contributed by atoms with E-state index in [0.29, 0.717) is 0 Å². The SMILES string of the molecule is CC1(C)OB(C2=CC(C#N)CC(Cl)=C2F)OC1(C)C. The number of nitriles is 1. The Morgan fingerprint density at radius 1 is 1.37 bits per heavy atom. The van der Waals surface area contributed by atoms with E-state index in [1.54, 1.807) is 6.08 Å². The molecule has 1 aliphatic carbocycles. The molecular weight excluding hydrogens is 267 g/mol. The largest absolute Gasteiger partial charge is 0.497 e. The molecule has 1 aliphatic heterocycles. The molecule has 0 aromatic heterocycles. The van der Waals surface area contributed by atoms with Gasteiger partial charge in [0.1, 0.15) is 5.83 Å². The number of hydrogen-bond donors (Lipinski definition) is 0. The molecule has 1 heterocycles. The van der Waals surface area contributed by atoms with Crippen LogP contribution in [0.3, 0.4) is 0 Å². The summed E-state index contributed by atoms with van der Waals surface area (Å²) in [5.74, 6) is -0.979. The predicted molar refractivity (Wildman–Crippen MR) is 71.9 cm³/mol. The van der Waals surface area contributed by atoms with E-state index >= 15 is 0 Å². The minimum Gasteiger partial charge on any atom is -0.399 e.